The Balaban J connectivity index is 2.02. The van der Waals surface area contributed by atoms with Crippen LogP contribution in [0.3, 0.4) is 0 Å². The number of benzene rings is 1. The van der Waals surface area contributed by atoms with Crippen LogP contribution in [0.2, 0.25) is 0 Å². The van der Waals surface area contributed by atoms with Crippen molar-refractivity contribution in [2.45, 2.75) is 45.7 Å². The van der Waals surface area contributed by atoms with E-state index in [1.807, 2.05) is 6.07 Å². The highest BCUT2D eigenvalue weighted by atomic mass is 16.3. The predicted octanol–water partition coefficient (Wildman–Crippen LogP) is 3.15. The molecule has 1 saturated carbocycles. The van der Waals surface area contributed by atoms with Gasteiger partial charge in [0.15, 0.2) is 0 Å². The van der Waals surface area contributed by atoms with E-state index in [4.69, 9.17) is 0 Å². The molecule has 1 atom stereocenters. The SMILES string of the molecule is Cc1ccc(O)c(C(C)NC2CC(C)C2)c1. The van der Waals surface area contributed by atoms with Crippen molar-refractivity contribution in [1.29, 1.82) is 0 Å². The van der Waals surface area contributed by atoms with Gasteiger partial charge in [-0.1, -0.05) is 24.6 Å². The Kier molecular flexibility index (Phi) is 3.20. The lowest BCUT2D eigenvalue weighted by Crippen LogP contribution is -2.41. The monoisotopic (exact) mass is 219 g/mol. The highest BCUT2D eigenvalue weighted by Crippen LogP contribution is 2.31. The van der Waals surface area contributed by atoms with Crippen LogP contribution in [0.1, 0.15) is 43.9 Å². The van der Waals surface area contributed by atoms with Crippen LogP contribution in [-0.2, 0) is 0 Å². The fourth-order valence-electron chi connectivity index (χ4n) is 2.50. The zero-order valence-corrected chi connectivity index (χ0v) is 10.3. The van der Waals surface area contributed by atoms with Gasteiger partial charge in [-0.2, -0.15) is 0 Å². The van der Waals surface area contributed by atoms with Gasteiger partial charge in [-0.15, -0.1) is 0 Å². The summed E-state index contributed by atoms with van der Waals surface area (Å²) in [6.07, 6.45) is 2.52. The molecule has 0 saturated heterocycles. The van der Waals surface area contributed by atoms with Gasteiger partial charge in [0, 0.05) is 17.6 Å². The van der Waals surface area contributed by atoms with Crippen molar-refractivity contribution in [2.75, 3.05) is 0 Å². The number of hydrogen-bond donors (Lipinski definition) is 2. The van der Waals surface area contributed by atoms with Gasteiger partial charge in [0.05, 0.1) is 0 Å². The van der Waals surface area contributed by atoms with Crippen LogP contribution in [0.25, 0.3) is 0 Å². The zero-order valence-electron chi connectivity index (χ0n) is 10.3. The lowest BCUT2D eigenvalue weighted by atomic mass is 9.81. The van der Waals surface area contributed by atoms with Crippen LogP contribution in [0.5, 0.6) is 5.75 Å². The van der Waals surface area contributed by atoms with Crippen LogP contribution >= 0.6 is 0 Å². The maximum Gasteiger partial charge on any atom is 0.120 e. The summed E-state index contributed by atoms with van der Waals surface area (Å²) in [5, 5.41) is 13.4. The van der Waals surface area contributed by atoms with E-state index in [1.165, 1.54) is 18.4 Å². The first kappa shape index (κ1) is 11.5. The quantitative estimate of drug-likeness (QED) is 0.818. The number of phenols is 1. The summed E-state index contributed by atoms with van der Waals surface area (Å²) in [6, 6.07) is 6.65. The molecule has 2 heteroatoms. The molecule has 16 heavy (non-hydrogen) atoms. The molecule has 1 fully saturated rings. The summed E-state index contributed by atoms with van der Waals surface area (Å²) in [7, 11) is 0. The van der Waals surface area contributed by atoms with Crippen molar-refractivity contribution in [1.82, 2.24) is 5.32 Å². The van der Waals surface area contributed by atoms with E-state index in [2.05, 4.69) is 32.2 Å². The van der Waals surface area contributed by atoms with Gasteiger partial charge in [-0.3, -0.25) is 0 Å². The summed E-state index contributed by atoms with van der Waals surface area (Å²) >= 11 is 0. The minimum Gasteiger partial charge on any atom is -0.508 e. The highest BCUT2D eigenvalue weighted by molar-refractivity contribution is 5.37. The van der Waals surface area contributed by atoms with Crippen LogP contribution in [-0.4, -0.2) is 11.1 Å². The first-order chi connectivity index (χ1) is 7.56. The van der Waals surface area contributed by atoms with Crippen molar-refractivity contribution < 1.29 is 5.11 Å². The Bertz CT molecular complexity index is 369. The molecule has 2 nitrogen and oxygen atoms in total. The van der Waals surface area contributed by atoms with Gasteiger partial charge < -0.3 is 10.4 Å². The molecule has 0 bridgehead atoms. The minimum atomic E-state index is 0.234. The zero-order chi connectivity index (χ0) is 11.7. The third-order valence-corrected chi connectivity index (χ3v) is 3.51. The van der Waals surface area contributed by atoms with Crippen molar-refractivity contribution in [3.63, 3.8) is 0 Å². The van der Waals surface area contributed by atoms with E-state index < -0.39 is 0 Å². The molecule has 2 N–H and O–H groups in total. The van der Waals surface area contributed by atoms with Gasteiger partial charge in [-0.25, -0.2) is 0 Å². The summed E-state index contributed by atoms with van der Waals surface area (Å²) in [6.45, 7) is 6.46. The van der Waals surface area contributed by atoms with Crippen LogP contribution < -0.4 is 5.32 Å². The molecular formula is C14H21NO. The average molecular weight is 219 g/mol. The lowest BCUT2D eigenvalue weighted by Gasteiger charge is -2.36. The summed E-state index contributed by atoms with van der Waals surface area (Å²) in [5.41, 5.74) is 2.21. The summed E-state index contributed by atoms with van der Waals surface area (Å²) in [4.78, 5) is 0. The largest absolute Gasteiger partial charge is 0.508 e. The van der Waals surface area contributed by atoms with Gasteiger partial charge in [-0.05, 0) is 38.7 Å². The van der Waals surface area contributed by atoms with Crippen molar-refractivity contribution in [3.8, 4) is 5.75 Å². The summed E-state index contributed by atoms with van der Waals surface area (Å²) in [5.74, 6) is 1.26. The van der Waals surface area contributed by atoms with E-state index in [0.29, 0.717) is 11.8 Å². The molecule has 1 aliphatic rings. The highest BCUT2D eigenvalue weighted by Gasteiger charge is 2.26. The standard InChI is InChI=1S/C14H21NO/c1-9-4-5-14(16)13(8-9)11(3)15-12-6-10(2)7-12/h4-5,8,10-12,15-16H,6-7H2,1-3H3. The maximum absolute atomic E-state index is 9.82. The smallest absolute Gasteiger partial charge is 0.120 e. The maximum atomic E-state index is 9.82. The van der Waals surface area contributed by atoms with Gasteiger partial charge in [0.25, 0.3) is 0 Å². The number of rotatable bonds is 3. The Morgan fingerprint density at radius 2 is 2.06 bits per heavy atom. The molecule has 0 spiro atoms. The molecular weight excluding hydrogens is 198 g/mol. The van der Waals surface area contributed by atoms with E-state index >= 15 is 0 Å². The Morgan fingerprint density at radius 1 is 1.38 bits per heavy atom. The van der Waals surface area contributed by atoms with Gasteiger partial charge in [0.1, 0.15) is 5.75 Å². The molecule has 0 aliphatic heterocycles. The second kappa shape index (κ2) is 4.46. The molecule has 1 aliphatic carbocycles. The van der Waals surface area contributed by atoms with Gasteiger partial charge >= 0.3 is 0 Å². The average Bonchev–Trinajstić information content (AvgIpc) is 2.19. The Hall–Kier alpha value is -1.02. The van der Waals surface area contributed by atoms with E-state index in [-0.39, 0.29) is 6.04 Å². The normalized spacial score (nSPS) is 26.2. The molecule has 1 aromatic carbocycles. The second-order valence-corrected chi connectivity index (χ2v) is 5.22. The predicted molar refractivity (Wildman–Crippen MR) is 66.6 cm³/mol. The number of nitrogens with one attached hydrogen (secondary N) is 1. The molecule has 0 amide bonds. The molecule has 1 unspecified atom stereocenters. The van der Waals surface area contributed by atoms with E-state index in [9.17, 15) is 5.11 Å². The minimum absolute atomic E-state index is 0.234. The fourth-order valence-corrected chi connectivity index (χ4v) is 2.50. The third kappa shape index (κ3) is 2.38. The first-order valence-corrected chi connectivity index (χ1v) is 6.12. The molecule has 1 aromatic rings. The van der Waals surface area contributed by atoms with E-state index in [1.54, 1.807) is 6.07 Å². The Labute approximate surface area is 97.7 Å². The first-order valence-electron chi connectivity index (χ1n) is 6.12. The third-order valence-electron chi connectivity index (χ3n) is 3.51. The van der Waals surface area contributed by atoms with Crippen LogP contribution in [0, 0.1) is 12.8 Å². The lowest BCUT2D eigenvalue weighted by molar-refractivity contribution is 0.225. The number of phenolic OH excluding ortho intramolecular Hbond substituents is 1. The molecule has 2 rings (SSSR count). The van der Waals surface area contributed by atoms with Gasteiger partial charge in [0.2, 0.25) is 0 Å². The topological polar surface area (TPSA) is 32.3 Å². The van der Waals surface area contributed by atoms with Crippen molar-refractivity contribution in [3.05, 3.63) is 29.3 Å². The molecule has 0 heterocycles. The van der Waals surface area contributed by atoms with Crippen LogP contribution in [0.15, 0.2) is 18.2 Å². The number of hydrogen-bond acceptors (Lipinski definition) is 2. The van der Waals surface area contributed by atoms with E-state index in [0.717, 1.165) is 11.5 Å². The molecule has 0 radical (unpaired) electrons. The fraction of sp³-hybridized carbons (Fsp3) is 0.571. The van der Waals surface area contributed by atoms with Crippen molar-refractivity contribution in [2.24, 2.45) is 5.92 Å². The summed E-state index contributed by atoms with van der Waals surface area (Å²) < 4.78 is 0. The molecule has 0 aromatic heterocycles. The number of aromatic hydroxyl groups is 1. The second-order valence-electron chi connectivity index (χ2n) is 5.22. The molecule has 88 valence electrons. The van der Waals surface area contributed by atoms with Crippen LogP contribution in [0.4, 0.5) is 0 Å². The number of aryl methyl sites for hydroxylation is 1. The Morgan fingerprint density at radius 3 is 2.69 bits per heavy atom. The van der Waals surface area contributed by atoms with Crippen molar-refractivity contribution >= 4 is 0 Å².